The zero-order valence-corrected chi connectivity index (χ0v) is 18.1. The van der Waals surface area contributed by atoms with E-state index in [1.165, 1.54) is 6.92 Å². The molecule has 8 nitrogen and oxygen atoms in total. The van der Waals surface area contributed by atoms with Gasteiger partial charge in [0.1, 0.15) is 18.2 Å². The summed E-state index contributed by atoms with van der Waals surface area (Å²) in [4.78, 5) is 33.0. The lowest BCUT2D eigenvalue weighted by Gasteiger charge is -2.20. The van der Waals surface area contributed by atoms with Gasteiger partial charge in [-0.1, -0.05) is 25.4 Å². The van der Waals surface area contributed by atoms with E-state index in [1.807, 2.05) is 26.0 Å². The number of hydrogen-bond acceptors (Lipinski definition) is 8. The van der Waals surface area contributed by atoms with Crippen LogP contribution < -0.4 is 10.1 Å². The van der Waals surface area contributed by atoms with Crippen LogP contribution in [0.15, 0.2) is 18.2 Å². The first-order valence-corrected chi connectivity index (χ1v) is 10.1. The van der Waals surface area contributed by atoms with Crippen LogP contribution in [0.4, 0.5) is 5.82 Å². The van der Waals surface area contributed by atoms with Gasteiger partial charge in [-0.2, -0.15) is 0 Å². The number of nitrogens with zero attached hydrogens (tertiary/aromatic N) is 2. The van der Waals surface area contributed by atoms with Crippen molar-refractivity contribution in [1.82, 2.24) is 9.97 Å². The first-order valence-electron chi connectivity index (χ1n) is 9.71. The number of hydrogen-bond donors (Lipinski definition) is 1. The Bertz CT molecular complexity index is 966. The highest BCUT2D eigenvalue weighted by Crippen LogP contribution is 2.33. The topological polar surface area (TPSA) is 99.6 Å². The van der Waals surface area contributed by atoms with E-state index in [4.69, 9.17) is 35.8 Å². The molecule has 1 fully saturated rings. The highest BCUT2D eigenvalue weighted by molar-refractivity contribution is 6.33. The summed E-state index contributed by atoms with van der Waals surface area (Å²) < 4.78 is 15.5. The van der Waals surface area contributed by atoms with Gasteiger partial charge in [0.2, 0.25) is 0 Å². The number of rotatable bonds is 7. The summed E-state index contributed by atoms with van der Waals surface area (Å²) in [5.41, 5.74) is 2.81. The maximum atomic E-state index is 12.2. The number of carbonyl (C=O) groups is 2. The minimum Gasteiger partial charge on any atom is -0.497 e. The zero-order valence-electron chi connectivity index (χ0n) is 17.3. The maximum Gasteiger partial charge on any atom is 0.332 e. The van der Waals surface area contributed by atoms with E-state index >= 15 is 0 Å². The lowest BCUT2D eigenvalue weighted by Crippen LogP contribution is -2.38. The molecular formula is C21H24ClN3O5. The molecule has 1 saturated heterocycles. The number of nitrogens with one attached hydrogen (secondary N) is 1. The fourth-order valence-electron chi connectivity index (χ4n) is 3.26. The van der Waals surface area contributed by atoms with Gasteiger partial charge in [-0.25, -0.2) is 14.8 Å². The van der Waals surface area contributed by atoms with Gasteiger partial charge in [0.15, 0.2) is 12.1 Å². The quantitative estimate of drug-likeness (QED) is 0.664. The molecule has 1 aromatic heterocycles. The number of carbonyl (C=O) groups excluding carboxylic acids is 2. The molecule has 2 atom stereocenters. The minimum absolute atomic E-state index is 0.00510. The molecule has 1 aliphatic heterocycles. The Morgan fingerprint density at radius 2 is 2.00 bits per heavy atom. The summed E-state index contributed by atoms with van der Waals surface area (Å²) in [6.45, 7) is 5.20. The average molecular weight is 434 g/mol. The number of aryl methyl sites for hydroxylation is 2. The van der Waals surface area contributed by atoms with Crippen molar-refractivity contribution in [3.63, 3.8) is 0 Å². The van der Waals surface area contributed by atoms with Crippen LogP contribution in [0.3, 0.4) is 0 Å². The first kappa shape index (κ1) is 21.8. The van der Waals surface area contributed by atoms with Crippen molar-refractivity contribution in [2.24, 2.45) is 0 Å². The number of methoxy groups -OCH3 is 1. The Labute approximate surface area is 179 Å². The van der Waals surface area contributed by atoms with Crippen LogP contribution >= 0.6 is 11.6 Å². The van der Waals surface area contributed by atoms with Gasteiger partial charge in [0.25, 0.3) is 0 Å². The second-order valence-corrected chi connectivity index (χ2v) is 7.17. The standard InChI is InChI=1S/C21H24ClN3O5/c1-5-15-18(13-8-7-12(28-4)9-14(13)22)23-16(6-2)20(24-15)25-19-17(30-11(3)26)10-29-21(19)27/h7-9,17,19H,5-6,10H2,1-4H3,(H,24,25)/t17-,19-/m0/s1. The Kier molecular flexibility index (Phi) is 6.77. The molecule has 0 bridgehead atoms. The maximum absolute atomic E-state index is 12.2. The Morgan fingerprint density at radius 1 is 1.27 bits per heavy atom. The predicted molar refractivity (Wildman–Crippen MR) is 112 cm³/mol. The molecule has 0 spiro atoms. The Morgan fingerprint density at radius 3 is 2.60 bits per heavy atom. The number of anilines is 1. The van der Waals surface area contributed by atoms with Crippen molar-refractivity contribution in [2.45, 2.75) is 45.8 Å². The molecule has 2 aromatic rings. The van der Waals surface area contributed by atoms with Gasteiger partial charge >= 0.3 is 11.9 Å². The summed E-state index contributed by atoms with van der Waals surface area (Å²) in [6, 6.07) is 4.56. The van der Waals surface area contributed by atoms with Gasteiger partial charge in [-0.05, 0) is 31.0 Å². The fourth-order valence-corrected chi connectivity index (χ4v) is 3.52. The molecule has 1 N–H and O–H groups in total. The molecule has 30 heavy (non-hydrogen) atoms. The third-order valence-electron chi connectivity index (χ3n) is 4.77. The smallest absolute Gasteiger partial charge is 0.332 e. The third kappa shape index (κ3) is 4.48. The van der Waals surface area contributed by atoms with E-state index in [1.54, 1.807) is 13.2 Å². The Balaban J connectivity index is 1.99. The van der Waals surface area contributed by atoms with Crippen molar-refractivity contribution in [1.29, 1.82) is 0 Å². The summed E-state index contributed by atoms with van der Waals surface area (Å²) in [6.07, 6.45) is 0.452. The molecule has 0 unspecified atom stereocenters. The van der Waals surface area contributed by atoms with Crippen molar-refractivity contribution in [2.75, 3.05) is 19.0 Å². The van der Waals surface area contributed by atoms with E-state index < -0.39 is 24.1 Å². The van der Waals surface area contributed by atoms with Crippen molar-refractivity contribution in [3.8, 4) is 17.0 Å². The van der Waals surface area contributed by atoms with E-state index in [0.29, 0.717) is 40.8 Å². The van der Waals surface area contributed by atoms with Crippen LogP contribution in [0.1, 0.15) is 32.2 Å². The van der Waals surface area contributed by atoms with Crippen molar-refractivity contribution < 1.29 is 23.8 Å². The molecule has 9 heteroatoms. The molecule has 0 saturated carbocycles. The summed E-state index contributed by atoms with van der Waals surface area (Å²) in [5, 5.41) is 3.58. The van der Waals surface area contributed by atoms with Crippen molar-refractivity contribution >= 4 is 29.4 Å². The molecule has 0 radical (unpaired) electrons. The normalized spacial score (nSPS) is 18.1. The van der Waals surface area contributed by atoms with Crippen LogP contribution in [0.25, 0.3) is 11.3 Å². The minimum atomic E-state index is -0.839. The molecule has 1 aliphatic rings. The third-order valence-corrected chi connectivity index (χ3v) is 5.08. The van der Waals surface area contributed by atoms with E-state index in [-0.39, 0.29) is 6.61 Å². The molecule has 1 aromatic carbocycles. The SMILES string of the molecule is CCc1nc(-c2ccc(OC)cc2Cl)c(CC)nc1N[C@@H]1C(=O)OC[C@@H]1OC(C)=O. The monoisotopic (exact) mass is 433 g/mol. The number of benzene rings is 1. The van der Waals surface area contributed by atoms with Gasteiger partial charge in [0, 0.05) is 12.5 Å². The first-order chi connectivity index (χ1) is 14.4. The average Bonchev–Trinajstić information content (AvgIpc) is 3.06. The highest BCUT2D eigenvalue weighted by Gasteiger charge is 2.40. The van der Waals surface area contributed by atoms with Crippen LogP contribution in [0.5, 0.6) is 5.75 Å². The molecule has 160 valence electrons. The largest absolute Gasteiger partial charge is 0.497 e. The summed E-state index contributed by atoms with van der Waals surface area (Å²) in [5.74, 6) is 0.139. The zero-order chi connectivity index (χ0) is 21.8. The second kappa shape index (κ2) is 9.30. The Hall–Kier alpha value is -2.87. The fraction of sp³-hybridized carbons (Fsp3) is 0.429. The molecule has 3 rings (SSSR count). The van der Waals surface area contributed by atoms with E-state index in [2.05, 4.69) is 5.32 Å². The number of ether oxygens (including phenoxy) is 3. The van der Waals surface area contributed by atoms with Crippen LogP contribution in [-0.4, -0.2) is 47.8 Å². The molecule has 2 heterocycles. The van der Waals surface area contributed by atoms with Gasteiger partial charge < -0.3 is 19.5 Å². The van der Waals surface area contributed by atoms with Gasteiger partial charge in [-0.15, -0.1) is 0 Å². The molecular weight excluding hydrogens is 410 g/mol. The number of aromatic nitrogens is 2. The van der Waals surface area contributed by atoms with E-state index in [9.17, 15) is 9.59 Å². The molecule has 0 aliphatic carbocycles. The summed E-state index contributed by atoms with van der Waals surface area (Å²) >= 11 is 6.46. The lowest BCUT2D eigenvalue weighted by molar-refractivity contribution is -0.146. The predicted octanol–water partition coefficient (Wildman–Crippen LogP) is 3.20. The van der Waals surface area contributed by atoms with Crippen LogP contribution in [-0.2, 0) is 31.9 Å². The van der Waals surface area contributed by atoms with Gasteiger partial charge in [0.05, 0.1) is 29.2 Å². The highest BCUT2D eigenvalue weighted by atomic mass is 35.5. The molecule has 0 amide bonds. The number of esters is 2. The van der Waals surface area contributed by atoms with Gasteiger partial charge in [-0.3, -0.25) is 4.79 Å². The summed E-state index contributed by atoms with van der Waals surface area (Å²) in [7, 11) is 1.58. The van der Waals surface area contributed by atoms with Crippen LogP contribution in [0.2, 0.25) is 5.02 Å². The number of halogens is 1. The number of cyclic esters (lactones) is 1. The van der Waals surface area contributed by atoms with E-state index in [0.717, 1.165) is 11.3 Å². The van der Waals surface area contributed by atoms with Crippen LogP contribution in [0, 0.1) is 0 Å². The second-order valence-electron chi connectivity index (χ2n) is 6.77. The van der Waals surface area contributed by atoms with Crippen molar-refractivity contribution in [3.05, 3.63) is 34.6 Å². The lowest BCUT2D eigenvalue weighted by atomic mass is 10.1.